The zero-order chi connectivity index (χ0) is 27.2. The molecule has 4 rings (SSSR count). The van der Waals surface area contributed by atoms with Gasteiger partial charge in [-0.2, -0.15) is 13.2 Å². The second-order valence-electron chi connectivity index (χ2n) is 9.31. The number of nitrogens with zero attached hydrogens (tertiary/aromatic N) is 1. The number of amides is 1. The number of alkyl halides is 3. The Morgan fingerprint density at radius 3 is 2.29 bits per heavy atom. The number of piperidine rings is 1. The van der Waals surface area contributed by atoms with Crippen LogP contribution >= 0.6 is 0 Å². The third-order valence-electron chi connectivity index (χ3n) is 7.11. The van der Waals surface area contributed by atoms with Crippen molar-refractivity contribution in [3.63, 3.8) is 0 Å². The first-order valence-electron chi connectivity index (χ1n) is 12.4. The second-order valence-corrected chi connectivity index (χ2v) is 9.31. The van der Waals surface area contributed by atoms with Gasteiger partial charge in [0.2, 0.25) is 0 Å². The quantitative estimate of drug-likeness (QED) is 0.384. The Balaban J connectivity index is 1.50. The van der Waals surface area contributed by atoms with E-state index < -0.39 is 11.7 Å². The van der Waals surface area contributed by atoms with Crippen LogP contribution in [0.2, 0.25) is 0 Å². The highest BCUT2D eigenvalue weighted by Crippen LogP contribution is 2.37. The summed E-state index contributed by atoms with van der Waals surface area (Å²) in [7, 11) is 3.02. The van der Waals surface area contributed by atoms with Gasteiger partial charge in [0.25, 0.3) is 5.91 Å². The normalized spacial score (nSPS) is 15.3. The van der Waals surface area contributed by atoms with Gasteiger partial charge in [-0.05, 0) is 54.4 Å². The number of carbonyl (C=O) groups excluding carboxylic acids is 1. The number of nitrogens with one attached hydrogen (secondary N) is 1. The Labute approximate surface area is 220 Å². The molecule has 1 aliphatic heterocycles. The summed E-state index contributed by atoms with van der Waals surface area (Å²) >= 11 is 0. The van der Waals surface area contributed by atoms with Crippen molar-refractivity contribution in [2.45, 2.75) is 24.4 Å². The van der Waals surface area contributed by atoms with E-state index in [0.717, 1.165) is 24.5 Å². The fraction of sp³-hybridized carbons (Fsp3) is 0.300. The van der Waals surface area contributed by atoms with Crippen molar-refractivity contribution in [2.75, 3.05) is 33.9 Å². The van der Waals surface area contributed by atoms with Crippen molar-refractivity contribution in [1.82, 2.24) is 10.2 Å². The van der Waals surface area contributed by atoms with Crippen LogP contribution in [0.5, 0.6) is 11.5 Å². The van der Waals surface area contributed by atoms with E-state index in [1.807, 2.05) is 23.1 Å². The maximum atomic E-state index is 13.4. The first-order valence-corrected chi connectivity index (χ1v) is 12.4. The molecule has 1 amide bonds. The second kappa shape index (κ2) is 11.6. The zero-order valence-corrected chi connectivity index (χ0v) is 21.4. The Hall–Kier alpha value is -3.94. The average Bonchev–Trinajstić information content (AvgIpc) is 2.95. The molecule has 3 aromatic rings. The molecule has 0 spiro atoms. The number of halogens is 3. The minimum absolute atomic E-state index is 0.138. The molecule has 200 valence electrons. The van der Waals surface area contributed by atoms with Gasteiger partial charge in [-0.25, -0.2) is 0 Å². The largest absolute Gasteiger partial charge is 0.493 e. The summed E-state index contributed by atoms with van der Waals surface area (Å²) in [6.07, 6.45) is 0.291. The number of rotatable bonds is 8. The molecule has 5 nitrogen and oxygen atoms in total. The SMILES string of the molecule is COc1cccc(C(=O)NCC2(c3ccccc3)CCN(C=Cc3ccccc3C(F)(F)F)CC2)c1OC. The highest BCUT2D eigenvalue weighted by Gasteiger charge is 2.36. The summed E-state index contributed by atoms with van der Waals surface area (Å²) in [5.74, 6) is 0.590. The molecular formula is C30H31F3N2O3. The van der Waals surface area contributed by atoms with Gasteiger partial charge in [0.05, 0.1) is 25.3 Å². The molecule has 1 N–H and O–H groups in total. The Morgan fingerprint density at radius 2 is 1.63 bits per heavy atom. The number of hydrogen-bond donors (Lipinski definition) is 1. The number of benzene rings is 3. The third-order valence-corrected chi connectivity index (χ3v) is 7.11. The molecule has 1 saturated heterocycles. The molecule has 38 heavy (non-hydrogen) atoms. The van der Waals surface area contributed by atoms with Gasteiger partial charge >= 0.3 is 6.18 Å². The van der Waals surface area contributed by atoms with Crippen molar-refractivity contribution < 1.29 is 27.4 Å². The van der Waals surface area contributed by atoms with E-state index in [-0.39, 0.29) is 16.9 Å². The van der Waals surface area contributed by atoms with E-state index in [1.54, 1.807) is 30.5 Å². The van der Waals surface area contributed by atoms with E-state index in [1.165, 1.54) is 32.4 Å². The van der Waals surface area contributed by atoms with Gasteiger partial charge in [-0.3, -0.25) is 4.79 Å². The van der Waals surface area contributed by atoms with E-state index in [9.17, 15) is 18.0 Å². The van der Waals surface area contributed by atoms with Gasteiger partial charge in [0.15, 0.2) is 11.5 Å². The fourth-order valence-electron chi connectivity index (χ4n) is 4.96. The van der Waals surface area contributed by atoms with Crippen LogP contribution in [0, 0.1) is 0 Å². The monoisotopic (exact) mass is 524 g/mol. The Kier molecular flexibility index (Phi) is 8.29. The summed E-state index contributed by atoms with van der Waals surface area (Å²) in [5.41, 5.74) is 0.668. The molecule has 0 saturated carbocycles. The van der Waals surface area contributed by atoms with Crippen LogP contribution in [0.25, 0.3) is 6.08 Å². The average molecular weight is 525 g/mol. The zero-order valence-electron chi connectivity index (χ0n) is 21.4. The lowest BCUT2D eigenvalue weighted by molar-refractivity contribution is -0.137. The summed E-state index contributed by atoms with van der Waals surface area (Å²) in [5, 5.41) is 3.09. The lowest BCUT2D eigenvalue weighted by atomic mass is 9.72. The van der Waals surface area contributed by atoms with Gasteiger partial charge in [-0.15, -0.1) is 0 Å². The number of methoxy groups -OCH3 is 2. The number of hydrogen-bond acceptors (Lipinski definition) is 4. The summed E-state index contributed by atoms with van der Waals surface area (Å²) in [6, 6.07) is 20.8. The van der Waals surface area contributed by atoms with Crippen LogP contribution in [-0.2, 0) is 11.6 Å². The lowest BCUT2D eigenvalue weighted by Crippen LogP contribution is -2.47. The highest BCUT2D eigenvalue weighted by molar-refractivity contribution is 5.97. The van der Waals surface area contributed by atoms with Crippen LogP contribution in [0.4, 0.5) is 13.2 Å². The molecule has 0 radical (unpaired) electrons. The number of likely N-dealkylation sites (tertiary alicyclic amines) is 1. The first kappa shape index (κ1) is 27.1. The topological polar surface area (TPSA) is 50.8 Å². The van der Waals surface area contributed by atoms with Crippen LogP contribution in [0.1, 0.15) is 39.9 Å². The van der Waals surface area contributed by atoms with Crippen molar-refractivity contribution in [1.29, 1.82) is 0 Å². The third kappa shape index (κ3) is 5.96. The molecule has 0 aromatic heterocycles. The predicted molar refractivity (Wildman–Crippen MR) is 141 cm³/mol. The molecule has 1 aliphatic rings. The lowest BCUT2D eigenvalue weighted by Gasteiger charge is -2.42. The van der Waals surface area contributed by atoms with Gasteiger partial charge < -0.3 is 19.7 Å². The van der Waals surface area contributed by atoms with Crippen LogP contribution in [-0.4, -0.2) is 44.7 Å². The molecule has 0 atom stereocenters. The number of ether oxygens (including phenoxy) is 2. The summed E-state index contributed by atoms with van der Waals surface area (Å²) in [6.45, 7) is 1.68. The Morgan fingerprint density at radius 1 is 0.947 bits per heavy atom. The highest BCUT2D eigenvalue weighted by atomic mass is 19.4. The van der Waals surface area contributed by atoms with Gasteiger partial charge in [0.1, 0.15) is 0 Å². The van der Waals surface area contributed by atoms with Gasteiger partial charge in [-0.1, -0.05) is 54.6 Å². The van der Waals surface area contributed by atoms with E-state index in [4.69, 9.17) is 9.47 Å². The molecule has 1 fully saturated rings. The molecule has 1 heterocycles. The summed E-state index contributed by atoms with van der Waals surface area (Å²) in [4.78, 5) is 15.2. The van der Waals surface area contributed by atoms with Gasteiger partial charge in [0, 0.05) is 25.0 Å². The van der Waals surface area contributed by atoms with Crippen molar-refractivity contribution in [3.05, 3.63) is 101 Å². The maximum absolute atomic E-state index is 13.4. The van der Waals surface area contributed by atoms with E-state index in [2.05, 4.69) is 17.4 Å². The van der Waals surface area contributed by atoms with E-state index in [0.29, 0.717) is 36.7 Å². The van der Waals surface area contributed by atoms with Crippen LogP contribution < -0.4 is 14.8 Å². The summed E-state index contributed by atoms with van der Waals surface area (Å²) < 4.78 is 50.9. The number of carbonyl (C=O) groups is 1. The molecule has 3 aromatic carbocycles. The fourth-order valence-corrected chi connectivity index (χ4v) is 4.96. The molecule has 8 heteroatoms. The molecular weight excluding hydrogens is 493 g/mol. The number of para-hydroxylation sites is 1. The van der Waals surface area contributed by atoms with Crippen molar-refractivity contribution in [2.24, 2.45) is 0 Å². The minimum Gasteiger partial charge on any atom is -0.493 e. The van der Waals surface area contributed by atoms with Crippen LogP contribution in [0.15, 0.2) is 79.0 Å². The maximum Gasteiger partial charge on any atom is 0.416 e. The predicted octanol–water partition coefficient (Wildman–Crippen LogP) is 6.16. The smallest absolute Gasteiger partial charge is 0.416 e. The van der Waals surface area contributed by atoms with E-state index >= 15 is 0 Å². The molecule has 0 unspecified atom stereocenters. The minimum atomic E-state index is -4.41. The standard InChI is InChI=1S/C30H31F3N2O3/c1-37-26-14-8-12-24(27(26)38-2)28(36)34-21-29(23-10-4-3-5-11-23)16-19-35(20-17-29)18-15-22-9-6-7-13-25(22)30(31,32)33/h3-15,18H,16-17,19-21H2,1-2H3,(H,34,36). The molecule has 0 bridgehead atoms. The Bertz CT molecular complexity index is 1270. The van der Waals surface area contributed by atoms with Crippen LogP contribution in [0.3, 0.4) is 0 Å². The van der Waals surface area contributed by atoms with Crippen molar-refractivity contribution in [3.8, 4) is 11.5 Å². The first-order chi connectivity index (χ1) is 18.3. The van der Waals surface area contributed by atoms with Crippen molar-refractivity contribution >= 4 is 12.0 Å². The molecule has 0 aliphatic carbocycles.